The third kappa shape index (κ3) is 3.89. The van der Waals surface area contributed by atoms with Crippen LogP contribution < -0.4 is 5.32 Å². The Kier molecular flexibility index (Phi) is 5.73. The maximum atomic E-state index is 11.1. The van der Waals surface area contributed by atoms with Crippen molar-refractivity contribution in [2.45, 2.75) is 12.1 Å². The van der Waals surface area contributed by atoms with Crippen LogP contribution in [0.2, 0.25) is 0 Å². The van der Waals surface area contributed by atoms with E-state index in [1.165, 1.54) is 12.1 Å². The fraction of sp³-hybridized carbons (Fsp3) is 0.238. The van der Waals surface area contributed by atoms with Gasteiger partial charge in [-0.05, 0) is 36.5 Å². The van der Waals surface area contributed by atoms with Gasteiger partial charge in [-0.1, -0.05) is 18.2 Å². The first kappa shape index (κ1) is 20.0. The maximum Gasteiger partial charge on any atom is 0.270 e. The zero-order valence-corrected chi connectivity index (χ0v) is 17.0. The largest absolute Gasteiger partial charge is 0.459 e. The number of ether oxygens (including phenoxy) is 1. The molecule has 0 amide bonds. The van der Waals surface area contributed by atoms with Crippen LogP contribution in [0.15, 0.2) is 65.2 Å². The summed E-state index contributed by atoms with van der Waals surface area (Å²) in [4.78, 5) is 17.2. The third-order valence-corrected chi connectivity index (χ3v) is 5.35. The highest BCUT2D eigenvalue weighted by molar-refractivity contribution is 7.80. The number of nitrogens with zero attached hydrogens (tertiary/aromatic N) is 3. The fourth-order valence-electron chi connectivity index (χ4n) is 3.58. The molecule has 1 saturated heterocycles. The van der Waals surface area contributed by atoms with Crippen LogP contribution in [-0.2, 0) is 4.74 Å². The van der Waals surface area contributed by atoms with E-state index in [2.05, 4.69) is 10.3 Å². The van der Waals surface area contributed by atoms with Gasteiger partial charge in [0.05, 0.1) is 23.3 Å². The fourth-order valence-corrected chi connectivity index (χ4v) is 3.92. The maximum absolute atomic E-state index is 11.1. The van der Waals surface area contributed by atoms with Gasteiger partial charge < -0.3 is 19.4 Å². The molecule has 1 fully saturated rings. The second-order valence-corrected chi connectivity index (χ2v) is 7.21. The molecule has 3 heterocycles. The van der Waals surface area contributed by atoms with Gasteiger partial charge in [-0.2, -0.15) is 0 Å². The van der Waals surface area contributed by atoms with Crippen LogP contribution >= 0.6 is 12.2 Å². The summed E-state index contributed by atoms with van der Waals surface area (Å²) in [6.45, 7) is 1.09. The molecule has 1 aliphatic rings. The molecule has 4 rings (SSSR count). The average Bonchev–Trinajstić information content (AvgIpc) is 3.37. The van der Waals surface area contributed by atoms with E-state index >= 15 is 0 Å². The molecule has 30 heavy (non-hydrogen) atoms. The summed E-state index contributed by atoms with van der Waals surface area (Å²) in [5.74, 6) is 1.24. The van der Waals surface area contributed by atoms with Crippen LogP contribution in [0.3, 0.4) is 0 Å². The number of methoxy groups -OCH3 is 1. The van der Waals surface area contributed by atoms with E-state index in [-0.39, 0.29) is 17.8 Å². The normalized spacial score (nSPS) is 18.4. The molecule has 0 saturated carbocycles. The van der Waals surface area contributed by atoms with E-state index in [4.69, 9.17) is 21.4 Å². The molecule has 0 bridgehead atoms. The predicted molar refractivity (Wildman–Crippen MR) is 115 cm³/mol. The van der Waals surface area contributed by atoms with Crippen LogP contribution in [-0.4, -0.2) is 40.2 Å². The molecule has 0 unspecified atom stereocenters. The van der Waals surface area contributed by atoms with Crippen molar-refractivity contribution in [2.24, 2.45) is 0 Å². The van der Waals surface area contributed by atoms with E-state index < -0.39 is 4.92 Å². The highest BCUT2D eigenvalue weighted by Crippen LogP contribution is 2.40. The molecule has 0 spiro atoms. The Bertz CT molecular complexity index is 1060. The van der Waals surface area contributed by atoms with Crippen LogP contribution in [0.25, 0.3) is 11.3 Å². The molecule has 1 aliphatic heterocycles. The quantitative estimate of drug-likeness (QED) is 0.347. The van der Waals surface area contributed by atoms with Crippen LogP contribution in [0, 0.1) is 10.1 Å². The summed E-state index contributed by atoms with van der Waals surface area (Å²) in [6.07, 6.45) is 1.74. The Morgan fingerprint density at radius 2 is 2.13 bits per heavy atom. The van der Waals surface area contributed by atoms with Gasteiger partial charge in [0.2, 0.25) is 0 Å². The molecule has 3 aromatic rings. The first-order valence-corrected chi connectivity index (χ1v) is 9.81. The second kappa shape index (κ2) is 8.60. The first-order valence-electron chi connectivity index (χ1n) is 9.40. The molecule has 9 heteroatoms. The number of nitro groups is 1. The van der Waals surface area contributed by atoms with Crippen molar-refractivity contribution in [3.63, 3.8) is 0 Å². The number of pyridine rings is 1. The minimum absolute atomic E-state index is 0.0160. The molecule has 154 valence electrons. The summed E-state index contributed by atoms with van der Waals surface area (Å²) in [5, 5.41) is 15.0. The first-order chi connectivity index (χ1) is 14.6. The average molecular weight is 424 g/mol. The number of hydrogen-bond donors (Lipinski definition) is 1. The lowest BCUT2D eigenvalue weighted by Gasteiger charge is -2.25. The number of rotatable bonds is 7. The number of benzene rings is 1. The number of hydrogen-bond acceptors (Lipinski definition) is 6. The van der Waals surface area contributed by atoms with Crippen molar-refractivity contribution in [3.05, 3.63) is 82.4 Å². The SMILES string of the molecule is COCCN1C(=S)N[C@H](c2ccccn2)[C@H]1c1ccc(-c2cccc([N+](=O)[O-])c2)o1. The Morgan fingerprint density at radius 3 is 2.87 bits per heavy atom. The van der Waals surface area contributed by atoms with Crippen molar-refractivity contribution >= 4 is 23.0 Å². The molecule has 2 aromatic heterocycles. The van der Waals surface area contributed by atoms with E-state index in [0.29, 0.717) is 35.3 Å². The predicted octanol–water partition coefficient (Wildman–Crippen LogP) is 3.87. The minimum Gasteiger partial charge on any atom is -0.459 e. The lowest BCUT2D eigenvalue weighted by Crippen LogP contribution is -2.32. The zero-order valence-electron chi connectivity index (χ0n) is 16.2. The van der Waals surface area contributed by atoms with Crippen molar-refractivity contribution in [1.29, 1.82) is 0 Å². The minimum atomic E-state index is -0.420. The molecule has 0 radical (unpaired) electrons. The monoisotopic (exact) mass is 424 g/mol. The van der Waals surface area contributed by atoms with Gasteiger partial charge in [-0.3, -0.25) is 15.1 Å². The molecular formula is C21H20N4O4S. The van der Waals surface area contributed by atoms with Crippen molar-refractivity contribution in [1.82, 2.24) is 15.2 Å². The van der Waals surface area contributed by atoms with Crippen molar-refractivity contribution in [3.8, 4) is 11.3 Å². The van der Waals surface area contributed by atoms with E-state index in [0.717, 1.165) is 5.69 Å². The highest BCUT2D eigenvalue weighted by atomic mass is 32.1. The Balaban J connectivity index is 1.71. The van der Waals surface area contributed by atoms with Crippen molar-refractivity contribution in [2.75, 3.05) is 20.3 Å². The Morgan fingerprint density at radius 1 is 1.27 bits per heavy atom. The number of nitro benzene ring substituents is 1. The number of non-ortho nitro benzene ring substituents is 1. The Labute approximate surface area is 178 Å². The van der Waals surface area contributed by atoms with Crippen LogP contribution in [0.4, 0.5) is 5.69 Å². The zero-order chi connectivity index (χ0) is 21.1. The summed E-state index contributed by atoms with van der Waals surface area (Å²) < 4.78 is 11.4. The van der Waals surface area contributed by atoms with Gasteiger partial charge in [0.15, 0.2) is 5.11 Å². The van der Waals surface area contributed by atoms with Gasteiger partial charge >= 0.3 is 0 Å². The Hall–Kier alpha value is -3.30. The molecule has 0 aliphatic carbocycles. The molecule has 1 N–H and O–H groups in total. The van der Waals surface area contributed by atoms with Crippen molar-refractivity contribution < 1.29 is 14.1 Å². The number of nitrogens with one attached hydrogen (secondary N) is 1. The lowest BCUT2D eigenvalue weighted by atomic mass is 10.0. The summed E-state index contributed by atoms with van der Waals surface area (Å²) in [7, 11) is 1.64. The highest BCUT2D eigenvalue weighted by Gasteiger charge is 2.41. The molecule has 2 atom stereocenters. The van der Waals surface area contributed by atoms with Gasteiger partial charge in [0.25, 0.3) is 5.69 Å². The third-order valence-electron chi connectivity index (χ3n) is 4.99. The summed E-state index contributed by atoms with van der Waals surface area (Å²) in [5.41, 5.74) is 1.50. The van der Waals surface area contributed by atoms with Crippen LogP contribution in [0.1, 0.15) is 23.5 Å². The van der Waals surface area contributed by atoms with Gasteiger partial charge in [-0.25, -0.2) is 0 Å². The molecule has 8 nitrogen and oxygen atoms in total. The van der Waals surface area contributed by atoms with Gasteiger partial charge in [0.1, 0.15) is 17.6 Å². The summed E-state index contributed by atoms with van der Waals surface area (Å²) >= 11 is 5.57. The smallest absolute Gasteiger partial charge is 0.270 e. The van der Waals surface area contributed by atoms with Gasteiger partial charge in [0, 0.05) is 37.5 Å². The topological polar surface area (TPSA) is 93.7 Å². The number of thiocarbonyl (C=S) groups is 1. The van der Waals surface area contributed by atoms with E-state index in [1.54, 1.807) is 25.4 Å². The number of aromatic nitrogens is 1. The second-order valence-electron chi connectivity index (χ2n) is 6.82. The van der Waals surface area contributed by atoms with Crippen LogP contribution in [0.5, 0.6) is 0 Å². The van der Waals surface area contributed by atoms with E-state index in [9.17, 15) is 10.1 Å². The summed E-state index contributed by atoms with van der Waals surface area (Å²) in [6, 6.07) is 15.4. The standard InChI is InChI=1S/C21H20N4O4S/c1-28-12-11-24-20(19(23-21(24)30)16-7-2-3-10-22-16)18-9-8-17(29-18)14-5-4-6-15(13-14)25(26)27/h2-10,13,19-20H,11-12H2,1H3,(H,23,30)/t19-,20-/m1/s1. The molecular weight excluding hydrogens is 404 g/mol. The van der Waals surface area contributed by atoms with Gasteiger partial charge in [-0.15, -0.1) is 0 Å². The lowest BCUT2D eigenvalue weighted by molar-refractivity contribution is -0.384. The number of furan rings is 1. The van der Waals surface area contributed by atoms with E-state index in [1.807, 2.05) is 35.2 Å². The molecule has 1 aromatic carbocycles.